The minimum absolute atomic E-state index is 0.0113. The predicted octanol–water partition coefficient (Wildman–Crippen LogP) is 0.938. The van der Waals surface area contributed by atoms with Gasteiger partial charge in [0.2, 0.25) is 5.91 Å². The van der Waals surface area contributed by atoms with E-state index in [0.29, 0.717) is 6.10 Å². The number of rotatable bonds is 3. The molecule has 0 aromatic heterocycles. The van der Waals surface area contributed by atoms with E-state index in [2.05, 4.69) is 5.32 Å². The van der Waals surface area contributed by atoms with Gasteiger partial charge in [-0.3, -0.25) is 4.79 Å². The Balaban J connectivity index is 1.74. The van der Waals surface area contributed by atoms with Crippen LogP contribution < -0.4 is 5.32 Å². The third-order valence-electron chi connectivity index (χ3n) is 3.38. The molecule has 3 nitrogen and oxygen atoms in total. The van der Waals surface area contributed by atoms with Crippen LogP contribution in [-0.4, -0.2) is 25.7 Å². The number of carbonyl (C=O) groups is 1. The highest BCUT2D eigenvalue weighted by molar-refractivity contribution is 5.76. The summed E-state index contributed by atoms with van der Waals surface area (Å²) >= 11 is 0. The molecule has 2 saturated carbocycles. The van der Waals surface area contributed by atoms with Crippen molar-refractivity contribution >= 4 is 5.91 Å². The van der Waals surface area contributed by atoms with Gasteiger partial charge in [-0.2, -0.15) is 0 Å². The fourth-order valence-electron chi connectivity index (χ4n) is 2.65. The SMILES string of the molecule is CNC(=O)COC1CC2CCC1C2. The number of likely N-dealkylation sites (N-methyl/N-ethyl adjacent to an activating group) is 1. The number of ether oxygens (including phenoxy) is 1. The minimum Gasteiger partial charge on any atom is -0.368 e. The molecule has 3 unspecified atom stereocenters. The van der Waals surface area contributed by atoms with E-state index in [9.17, 15) is 4.79 Å². The van der Waals surface area contributed by atoms with Crippen LogP contribution in [0.15, 0.2) is 0 Å². The smallest absolute Gasteiger partial charge is 0.245 e. The number of nitrogens with one attached hydrogen (secondary N) is 1. The Labute approximate surface area is 78.8 Å². The molecule has 2 aliphatic carbocycles. The minimum atomic E-state index is -0.0113. The Hall–Kier alpha value is -0.570. The lowest BCUT2D eigenvalue weighted by molar-refractivity contribution is -0.128. The summed E-state index contributed by atoms with van der Waals surface area (Å²) in [6.07, 6.45) is 5.57. The molecule has 0 aromatic carbocycles. The molecule has 2 fully saturated rings. The molecular weight excluding hydrogens is 166 g/mol. The van der Waals surface area contributed by atoms with Gasteiger partial charge in [-0.25, -0.2) is 0 Å². The highest BCUT2D eigenvalue weighted by Gasteiger charge is 2.40. The molecule has 3 atom stereocenters. The lowest BCUT2D eigenvalue weighted by Crippen LogP contribution is -2.29. The third kappa shape index (κ3) is 1.85. The zero-order valence-corrected chi connectivity index (χ0v) is 8.08. The zero-order valence-electron chi connectivity index (χ0n) is 8.08. The molecule has 2 rings (SSSR count). The Kier molecular flexibility index (Phi) is 2.54. The van der Waals surface area contributed by atoms with E-state index in [1.807, 2.05) is 0 Å². The van der Waals surface area contributed by atoms with E-state index in [1.165, 1.54) is 25.7 Å². The van der Waals surface area contributed by atoms with Crippen molar-refractivity contribution < 1.29 is 9.53 Å². The largest absolute Gasteiger partial charge is 0.368 e. The van der Waals surface area contributed by atoms with Crippen molar-refractivity contribution in [1.82, 2.24) is 5.32 Å². The quantitative estimate of drug-likeness (QED) is 0.707. The van der Waals surface area contributed by atoms with E-state index < -0.39 is 0 Å². The lowest BCUT2D eigenvalue weighted by Gasteiger charge is -2.21. The van der Waals surface area contributed by atoms with Crippen molar-refractivity contribution in [3.63, 3.8) is 0 Å². The molecule has 1 N–H and O–H groups in total. The average molecular weight is 183 g/mol. The van der Waals surface area contributed by atoms with Gasteiger partial charge in [-0.15, -0.1) is 0 Å². The molecule has 0 heterocycles. The van der Waals surface area contributed by atoms with Gasteiger partial charge in [-0.05, 0) is 37.5 Å². The van der Waals surface area contributed by atoms with Gasteiger partial charge in [0.15, 0.2) is 0 Å². The van der Waals surface area contributed by atoms with Gasteiger partial charge in [0.05, 0.1) is 6.10 Å². The van der Waals surface area contributed by atoms with Crippen molar-refractivity contribution in [2.45, 2.75) is 31.8 Å². The summed E-state index contributed by atoms with van der Waals surface area (Å²) < 4.78 is 5.58. The number of hydrogen-bond donors (Lipinski definition) is 1. The summed E-state index contributed by atoms with van der Waals surface area (Å²) in [5.41, 5.74) is 0. The topological polar surface area (TPSA) is 38.3 Å². The molecule has 74 valence electrons. The Bertz CT molecular complexity index is 205. The second-order valence-corrected chi connectivity index (χ2v) is 4.20. The van der Waals surface area contributed by atoms with Gasteiger partial charge in [0.1, 0.15) is 6.61 Å². The molecule has 2 aliphatic rings. The second-order valence-electron chi connectivity index (χ2n) is 4.20. The molecule has 0 aliphatic heterocycles. The summed E-state index contributed by atoms with van der Waals surface area (Å²) in [5, 5.41) is 2.57. The Morgan fingerprint density at radius 2 is 2.31 bits per heavy atom. The highest BCUT2D eigenvalue weighted by atomic mass is 16.5. The van der Waals surface area contributed by atoms with E-state index in [1.54, 1.807) is 7.05 Å². The van der Waals surface area contributed by atoms with Crippen molar-refractivity contribution in [2.24, 2.45) is 11.8 Å². The van der Waals surface area contributed by atoms with Gasteiger partial charge in [-0.1, -0.05) is 0 Å². The standard InChI is InChI=1S/C10H17NO2/c1-11-10(12)6-13-9-5-7-2-3-8(9)4-7/h7-9H,2-6H2,1H3,(H,11,12). The zero-order chi connectivity index (χ0) is 9.26. The van der Waals surface area contributed by atoms with Crippen LogP contribution in [0.2, 0.25) is 0 Å². The summed E-state index contributed by atoms with van der Waals surface area (Å²) in [6.45, 7) is 0.240. The first-order chi connectivity index (χ1) is 6.29. The van der Waals surface area contributed by atoms with Gasteiger partial charge in [0, 0.05) is 7.05 Å². The lowest BCUT2D eigenvalue weighted by atomic mass is 9.98. The van der Waals surface area contributed by atoms with Crippen LogP contribution in [0.3, 0.4) is 0 Å². The Morgan fingerprint density at radius 3 is 2.85 bits per heavy atom. The monoisotopic (exact) mass is 183 g/mol. The Morgan fingerprint density at radius 1 is 1.46 bits per heavy atom. The van der Waals surface area contributed by atoms with E-state index >= 15 is 0 Å². The first-order valence-corrected chi connectivity index (χ1v) is 5.11. The first kappa shape index (κ1) is 9.00. The third-order valence-corrected chi connectivity index (χ3v) is 3.38. The van der Waals surface area contributed by atoms with E-state index in [-0.39, 0.29) is 12.5 Å². The van der Waals surface area contributed by atoms with Crippen LogP contribution >= 0.6 is 0 Å². The van der Waals surface area contributed by atoms with Crippen LogP contribution in [0, 0.1) is 11.8 Å². The molecular formula is C10H17NO2. The predicted molar refractivity (Wildman–Crippen MR) is 49.3 cm³/mol. The van der Waals surface area contributed by atoms with Crippen molar-refractivity contribution in [3.8, 4) is 0 Å². The highest BCUT2D eigenvalue weighted by Crippen LogP contribution is 2.45. The molecule has 0 radical (unpaired) electrons. The number of amides is 1. The molecule has 0 spiro atoms. The molecule has 13 heavy (non-hydrogen) atoms. The molecule has 3 heteroatoms. The number of hydrogen-bond acceptors (Lipinski definition) is 2. The normalized spacial score (nSPS) is 36.5. The molecule has 1 amide bonds. The van der Waals surface area contributed by atoms with Gasteiger partial charge in [0.25, 0.3) is 0 Å². The first-order valence-electron chi connectivity index (χ1n) is 5.11. The van der Waals surface area contributed by atoms with Crippen LogP contribution in [0.4, 0.5) is 0 Å². The summed E-state index contributed by atoms with van der Waals surface area (Å²) in [5.74, 6) is 1.62. The van der Waals surface area contributed by atoms with Gasteiger partial charge < -0.3 is 10.1 Å². The summed E-state index contributed by atoms with van der Waals surface area (Å²) in [7, 11) is 1.65. The molecule has 2 bridgehead atoms. The van der Waals surface area contributed by atoms with Crippen LogP contribution in [0.25, 0.3) is 0 Å². The summed E-state index contributed by atoms with van der Waals surface area (Å²) in [6, 6.07) is 0. The maximum absolute atomic E-state index is 10.9. The maximum Gasteiger partial charge on any atom is 0.245 e. The molecule has 0 saturated heterocycles. The fourth-order valence-corrected chi connectivity index (χ4v) is 2.65. The maximum atomic E-state index is 10.9. The fraction of sp³-hybridized carbons (Fsp3) is 0.900. The van der Waals surface area contributed by atoms with Crippen molar-refractivity contribution in [1.29, 1.82) is 0 Å². The van der Waals surface area contributed by atoms with Gasteiger partial charge >= 0.3 is 0 Å². The molecule has 0 aromatic rings. The average Bonchev–Trinajstić information content (AvgIpc) is 2.74. The van der Waals surface area contributed by atoms with E-state index in [4.69, 9.17) is 4.74 Å². The summed E-state index contributed by atoms with van der Waals surface area (Å²) in [4.78, 5) is 10.9. The van der Waals surface area contributed by atoms with Crippen LogP contribution in [-0.2, 0) is 9.53 Å². The second kappa shape index (κ2) is 3.66. The number of fused-ring (bicyclic) bond motifs is 2. The van der Waals surface area contributed by atoms with E-state index in [0.717, 1.165) is 11.8 Å². The van der Waals surface area contributed by atoms with Crippen LogP contribution in [0.1, 0.15) is 25.7 Å². The van der Waals surface area contributed by atoms with Crippen molar-refractivity contribution in [3.05, 3.63) is 0 Å². The van der Waals surface area contributed by atoms with Crippen molar-refractivity contribution in [2.75, 3.05) is 13.7 Å². The van der Waals surface area contributed by atoms with Crippen LogP contribution in [0.5, 0.6) is 0 Å². The number of carbonyl (C=O) groups excluding carboxylic acids is 1.